The minimum absolute atomic E-state index is 0.0890. The molecule has 0 saturated heterocycles. The third-order valence-electron chi connectivity index (χ3n) is 2.68. The fourth-order valence-corrected chi connectivity index (χ4v) is 3.71. The Morgan fingerprint density at radius 3 is 2.55 bits per heavy atom. The molecule has 0 aromatic heterocycles. The molecule has 3 N–H and O–H groups in total. The Hall–Kier alpha value is -1.24. The molecule has 4 nitrogen and oxygen atoms in total. The van der Waals surface area contributed by atoms with Crippen molar-refractivity contribution in [3.63, 3.8) is 0 Å². The molecular formula is C13H12BrClN2O2S. The Morgan fingerprint density at radius 2 is 1.95 bits per heavy atom. The Labute approximate surface area is 131 Å². The molecule has 0 unspecified atom stereocenters. The topological polar surface area (TPSA) is 72.2 Å². The van der Waals surface area contributed by atoms with Crippen LogP contribution in [0.25, 0.3) is 0 Å². The van der Waals surface area contributed by atoms with Crippen molar-refractivity contribution in [2.75, 3.05) is 10.5 Å². The summed E-state index contributed by atoms with van der Waals surface area (Å²) in [6.45, 7) is 1.70. The van der Waals surface area contributed by atoms with Crippen LogP contribution in [0.4, 0.5) is 11.4 Å². The van der Waals surface area contributed by atoms with E-state index in [1.165, 1.54) is 0 Å². The van der Waals surface area contributed by atoms with Crippen LogP contribution in [0.3, 0.4) is 0 Å². The molecule has 0 saturated carbocycles. The van der Waals surface area contributed by atoms with Crippen molar-refractivity contribution in [2.24, 2.45) is 0 Å². The number of benzene rings is 2. The molecule has 0 bridgehead atoms. The van der Waals surface area contributed by atoms with Crippen LogP contribution in [-0.2, 0) is 10.0 Å². The van der Waals surface area contributed by atoms with Crippen molar-refractivity contribution in [1.82, 2.24) is 0 Å². The maximum atomic E-state index is 12.4. The van der Waals surface area contributed by atoms with E-state index in [9.17, 15) is 8.42 Å². The van der Waals surface area contributed by atoms with Crippen LogP contribution in [0.5, 0.6) is 0 Å². The van der Waals surface area contributed by atoms with Crippen LogP contribution < -0.4 is 10.5 Å². The van der Waals surface area contributed by atoms with E-state index < -0.39 is 10.0 Å². The molecule has 0 spiro atoms. The van der Waals surface area contributed by atoms with Crippen LogP contribution in [0, 0.1) is 6.92 Å². The van der Waals surface area contributed by atoms with Gasteiger partial charge in [-0.05, 0) is 52.7 Å². The third-order valence-corrected chi connectivity index (χ3v) is 5.50. The summed E-state index contributed by atoms with van der Waals surface area (Å²) < 4.78 is 27.9. The van der Waals surface area contributed by atoms with Gasteiger partial charge in [-0.3, -0.25) is 4.72 Å². The molecule has 0 aliphatic heterocycles. The Morgan fingerprint density at radius 1 is 1.25 bits per heavy atom. The number of anilines is 2. The normalized spacial score (nSPS) is 11.3. The highest BCUT2D eigenvalue weighted by molar-refractivity contribution is 9.10. The highest BCUT2D eigenvalue weighted by Crippen LogP contribution is 2.29. The lowest BCUT2D eigenvalue weighted by molar-refractivity contribution is 0.601. The highest BCUT2D eigenvalue weighted by Gasteiger charge is 2.20. The number of hydrogen-bond donors (Lipinski definition) is 2. The van der Waals surface area contributed by atoms with Gasteiger partial charge in [0.2, 0.25) is 0 Å². The van der Waals surface area contributed by atoms with Crippen LogP contribution >= 0.6 is 27.5 Å². The van der Waals surface area contributed by atoms with E-state index in [0.29, 0.717) is 20.7 Å². The van der Waals surface area contributed by atoms with E-state index in [0.717, 1.165) is 0 Å². The number of nitrogens with one attached hydrogen (secondary N) is 1. The summed E-state index contributed by atoms with van der Waals surface area (Å²) in [5.41, 5.74) is 6.97. The van der Waals surface area contributed by atoms with Gasteiger partial charge in [-0.15, -0.1) is 0 Å². The smallest absolute Gasteiger partial charge is 0.264 e. The summed E-state index contributed by atoms with van der Waals surface area (Å²) in [4.78, 5) is 0.0890. The second-order valence-corrected chi connectivity index (χ2v) is 7.11. The molecule has 0 aliphatic carbocycles. The van der Waals surface area contributed by atoms with E-state index in [1.54, 1.807) is 43.3 Å². The van der Waals surface area contributed by atoms with Gasteiger partial charge in [0.15, 0.2) is 0 Å². The maximum absolute atomic E-state index is 12.4. The van der Waals surface area contributed by atoms with Crippen LogP contribution in [0.15, 0.2) is 45.8 Å². The molecule has 0 aliphatic rings. The average molecular weight is 376 g/mol. The monoisotopic (exact) mass is 374 g/mol. The Bertz CT molecular complexity index is 743. The summed E-state index contributed by atoms with van der Waals surface area (Å²) in [6.07, 6.45) is 0. The first-order chi connectivity index (χ1) is 9.31. The van der Waals surface area contributed by atoms with Crippen LogP contribution in [0.2, 0.25) is 5.02 Å². The second kappa shape index (κ2) is 5.63. The van der Waals surface area contributed by atoms with E-state index in [4.69, 9.17) is 17.3 Å². The molecule has 2 rings (SSSR count). The summed E-state index contributed by atoms with van der Waals surface area (Å²) in [5.74, 6) is 0. The van der Waals surface area contributed by atoms with Crippen LogP contribution in [0.1, 0.15) is 5.56 Å². The van der Waals surface area contributed by atoms with Crippen molar-refractivity contribution in [1.29, 1.82) is 0 Å². The molecule has 20 heavy (non-hydrogen) atoms. The van der Waals surface area contributed by atoms with E-state index in [1.807, 2.05) is 0 Å². The minimum Gasteiger partial charge on any atom is -0.398 e. The van der Waals surface area contributed by atoms with Crippen molar-refractivity contribution < 1.29 is 8.42 Å². The Kier molecular flexibility index (Phi) is 4.27. The predicted molar refractivity (Wildman–Crippen MR) is 85.6 cm³/mol. The maximum Gasteiger partial charge on any atom is 0.264 e. The molecule has 0 fully saturated rings. The molecule has 7 heteroatoms. The Balaban J connectivity index is 2.43. The number of sulfonamides is 1. The molecule has 0 heterocycles. The summed E-state index contributed by atoms with van der Waals surface area (Å²) in [5, 5.41) is 0.503. The second-order valence-electron chi connectivity index (χ2n) is 4.23. The minimum atomic E-state index is -3.74. The first-order valence-electron chi connectivity index (χ1n) is 5.64. The lowest BCUT2D eigenvalue weighted by atomic mass is 10.2. The van der Waals surface area contributed by atoms with Gasteiger partial charge in [0.25, 0.3) is 10.0 Å². The zero-order valence-electron chi connectivity index (χ0n) is 10.5. The van der Waals surface area contributed by atoms with Crippen LogP contribution in [-0.4, -0.2) is 8.42 Å². The predicted octanol–water partition coefficient (Wildman–Crippen LogP) is 3.79. The number of nitrogen functional groups attached to an aromatic ring is 1. The molecule has 106 valence electrons. The lowest BCUT2D eigenvalue weighted by Crippen LogP contribution is -2.16. The molecule has 0 atom stereocenters. The number of aryl methyl sites for hydroxylation is 1. The summed E-state index contributed by atoms with van der Waals surface area (Å²) in [6, 6.07) is 9.74. The van der Waals surface area contributed by atoms with E-state index in [2.05, 4.69) is 20.7 Å². The first-order valence-corrected chi connectivity index (χ1v) is 8.29. The lowest BCUT2D eigenvalue weighted by Gasteiger charge is -2.13. The zero-order valence-corrected chi connectivity index (χ0v) is 13.7. The number of nitrogens with two attached hydrogens (primary N) is 1. The van der Waals surface area contributed by atoms with Gasteiger partial charge in [-0.25, -0.2) is 8.42 Å². The quantitative estimate of drug-likeness (QED) is 0.802. The third kappa shape index (κ3) is 3.08. The van der Waals surface area contributed by atoms with E-state index in [-0.39, 0.29) is 10.6 Å². The van der Waals surface area contributed by atoms with Crippen molar-refractivity contribution in [3.05, 3.63) is 51.5 Å². The van der Waals surface area contributed by atoms with Crippen molar-refractivity contribution in [3.8, 4) is 0 Å². The highest BCUT2D eigenvalue weighted by atomic mass is 79.9. The zero-order chi connectivity index (χ0) is 14.9. The van der Waals surface area contributed by atoms with Gasteiger partial charge in [0.1, 0.15) is 4.90 Å². The largest absolute Gasteiger partial charge is 0.398 e. The molecule has 0 amide bonds. The molecule has 2 aromatic rings. The van der Waals surface area contributed by atoms with Gasteiger partial charge in [-0.1, -0.05) is 23.7 Å². The first kappa shape index (κ1) is 15.2. The standard InChI is InChI=1S/C13H12BrClN2O2S/c1-8-3-2-4-12(16)13(8)20(18,19)17-9-5-6-11(15)10(14)7-9/h2-7,17H,16H2,1H3. The van der Waals surface area contributed by atoms with Crippen molar-refractivity contribution in [2.45, 2.75) is 11.8 Å². The molecule has 2 aromatic carbocycles. The average Bonchev–Trinajstić information content (AvgIpc) is 2.33. The fraction of sp³-hybridized carbons (Fsp3) is 0.0769. The van der Waals surface area contributed by atoms with Gasteiger partial charge < -0.3 is 5.73 Å². The van der Waals surface area contributed by atoms with Gasteiger partial charge in [0, 0.05) is 4.47 Å². The molecule has 0 radical (unpaired) electrons. The summed E-state index contributed by atoms with van der Waals surface area (Å²) >= 11 is 9.12. The van der Waals surface area contributed by atoms with E-state index >= 15 is 0 Å². The fourth-order valence-electron chi connectivity index (χ4n) is 1.81. The number of hydrogen-bond acceptors (Lipinski definition) is 3. The summed E-state index contributed by atoms with van der Waals surface area (Å²) in [7, 11) is -3.74. The SMILES string of the molecule is Cc1cccc(N)c1S(=O)(=O)Nc1ccc(Cl)c(Br)c1. The number of rotatable bonds is 3. The van der Waals surface area contributed by atoms with Crippen molar-refractivity contribution >= 4 is 48.9 Å². The number of halogens is 2. The van der Waals surface area contributed by atoms with Gasteiger partial charge in [-0.2, -0.15) is 0 Å². The van der Waals surface area contributed by atoms with Gasteiger partial charge >= 0.3 is 0 Å². The molecular weight excluding hydrogens is 364 g/mol. The van der Waals surface area contributed by atoms with Gasteiger partial charge in [0.05, 0.1) is 16.4 Å².